The van der Waals surface area contributed by atoms with Gasteiger partial charge in [-0.1, -0.05) is 0 Å². The smallest absolute Gasteiger partial charge is 0.257 e. The Labute approximate surface area is 173 Å². The van der Waals surface area contributed by atoms with Gasteiger partial charge in [-0.3, -0.25) is 4.79 Å². The van der Waals surface area contributed by atoms with Crippen molar-refractivity contribution in [3.63, 3.8) is 0 Å². The van der Waals surface area contributed by atoms with Gasteiger partial charge in [-0.05, 0) is 31.5 Å². The zero-order chi connectivity index (χ0) is 21.4. The van der Waals surface area contributed by atoms with Crippen molar-refractivity contribution in [3.8, 4) is 0 Å². The van der Waals surface area contributed by atoms with Crippen LogP contribution in [0, 0.1) is 5.41 Å². The van der Waals surface area contributed by atoms with Gasteiger partial charge in [0.1, 0.15) is 17.2 Å². The lowest BCUT2D eigenvalue weighted by molar-refractivity contribution is 0.0821. The molecule has 156 valence electrons. The number of amides is 1. The molecule has 0 saturated heterocycles. The number of rotatable bonds is 2. The summed E-state index contributed by atoms with van der Waals surface area (Å²) in [4.78, 5) is 17.4. The highest BCUT2D eigenvalue weighted by Crippen LogP contribution is 2.30. The molecule has 2 aromatic heterocycles. The fraction of sp³-hybridized carbons (Fsp3) is 0.300. The highest BCUT2D eigenvalue weighted by molar-refractivity contribution is 6.04. The van der Waals surface area contributed by atoms with Crippen molar-refractivity contribution in [3.05, 3.63) is 41.1 Å². The van der Waals surface area contributed by atoms with Gasteiger partial charge in [0.2, 0.25) is 0 Å². The van der Waals surface area contributed by atoms with Gasteiger partial charge in [0.15, 0.2) is 5.65 Å². The highest BCUT2D eigenvalue weighted by atomic mass is 16.5. The molecule has 1 aliphatic heterocycles. The van der Waals surface area contributed by atoms with Crippen LogP contribution in [0.2, 0.25) is 0 Å². The highest BCUT2D eigenvalue weighted by Gasteiger charge is 2.20. The van der Waals surface area contributed by atoms with Crippen molar-refractivity contribution < 1.29 is 9.53 Å². The van der Waals surface area contributed by atoms with Crippen LogP contribution in [-0.4, -0.2) is 45.9 Å². The number of fused-ring (bicyclic) bond motifs is 3. The van der Waals surface area contributed by atoms with Crippen molar-refractivity contribution in [2.24, 2.45) is 0 Å². The molecule has 1 aromatic carbocycles. The van der Waals surface area contributed by atoms with Crippen LogP contribution in [-0.2, 0) is 11.3 Å². The number of hydrogen-bond donors (Lipinski definition) is 5. The zero-order valence-electron chi connectivity index (χ0n) is 17.0. The summed E-state index contributed by atoms with van der Waals surface area (Å²) in [6.07, 6.45) is 1.49. The van der Waals surface area contributed by atoms with Crippen LogP contribution in [0.5, 0.6) is 0 Å². The molecule has 1 aliphatic rings. The summed E-state index contributed by atoms with van der Waals surface area (Å²) in [5.41, 5.74) is 10.0. The van der Waals surface area contributed by atoms with E-state index in [9.17, 15) is 4.79 Å². The van der Waals surface area contributed by atoms with Gasteiger partial charge in [0.25, 0.3) is 5.91 Å². The molecule has 3 aromatic rings. The van der Waals surface area contributed by atoms with Gasteiger partial charge in [0.05, 0.1) is 30.8 Å². The zero-order valence-corrected chi connectivity index (χ0v) is 17.0. The van der Waals surface area contributed by atoms with Crippen LogP contribution in [0.25, 0.3) is 5.65 Å². The van der Waals surface area contributed by atoms with E-state index in [4.69, 9.17) is 15.9 Å². The van der Waals surface area contributed by atoms with Gasteiger partial charge in [-0.2, -0.15) is 9.61 Å². The van der Waals surface area contributed by atoms with Crippen LogP contribution in [0.1, 0.15) is 35.3 Å². The minimum atomic E-state index is -0.274. The molecular weight excluding hydrogens is 384 g/mol. The third-order valence-electron chi connectivity index (χ3n) is 4.89. The van der Waals surface area contributed by atoms with Crippen LogP contribution < -0.4 is 21.7 Å². The number of nitrogens with two attached hydrogens (primary N) is 1. The maximum atomic E-state index is 12.8. The SMILES string of the molecule is CNc1cc2nc3c(cnn13)C(=O)N[C@H](C)COCc1cc(c(N)c(C(C)=N)c1)N2. The summed E-state index contributed by atoms with van der Waals surface area (Å²) in [5.74, 6) is 0.873. The molecule has 3 heterocycles. The second kappa shape index (κ2) is 7.64. The number of nitrogens with one attached hydrogen (secondary N) is 4. The van der Waals surface area contributed by atoms with Crippen LogP contribution in [0.15, 0.2) is 24.4 Å². The Hall–Kier alpha value is -3.66. The molecular formula is C20H24N8O2. The van der Waals surface area contributed by atoms with Gasteiger partial charge in [0, 0.05) is 30.4 Å². The van der Waals surface area contributed by atoms with E-state index in [-0.39, 0.29) is 11.9 Å². The summed E-state index contributed by atoms with van der Waals surface area (Å²) in [7, 11) is 1.77. The number of aromatic nitrogens is 3. The minimum absolute atomic E-state index is 0.210. The van der Waals surface area contributed by atoms with Crippen molar-refractivity contribution in [1.29, 1.82) is 5.41 Å². The molecule has 6 N–H and O–H groups in total. The quantitative estimate of drug-likeness (QED) is 0.323. The molecule has 0 fully saturated rings. The monoisotopic (exact) mass is 408 g/mol. The normalized spacial score (nSPS) is 16.6. The average Bonchev–Trinajstić information content (AvgIpc) is 3.12. The first kappa shape index (κ1) is 19.6. The Morgan fingerprint density at radius 2 is 2.20 bits per heavy atom. The molecule has 10 nitrogen and oxygen atoms in total. The summed E-state index contributed by atoms with van der Waals surface area (Å²) < 4.78 is 7.36. The number of carbonyl (C=O) groups excluding carboxylic acids is 1. The maximum absolute atomic E-state index is 12.8. The van der Waals surface area contributed by atoms with E-state index in [1.54, 1.807) is 24.6 Å². The van der Waals surface area contributed by atoms with E-state index in [0.29, 0.717) is 58.7 Å². The first-order chi connectivity index (χ1) is 14.4. The fourth-order valence-electron chi connectivity index (χ4n) is 3.41. The molecule has 1 atom stereocenters. The third kappa shape index (κ3) is 3.52. The van der Waals surface area contributed by atoms with Crippen molar-refractivity contribution in [2.45, 2.75) is 26.5 Å². The van der Waals surface area contributed by atoms with Crippen LogP contribution in [0.4, 0.5) is 23.0 Å². The van der Waals surface area contributed by atoms with Gasteiger partial charge >= 0.3 is 0 Å². The molecule has 0 aliphatic carbocycles. The molecule has 4 rings (SSSR count). The van der Waals surface area contributed by atoms with Crippen molar-refractivity contribution in [1.82, 2.24) is 19.9 Å². The van der Waals surface area contributed by atoms with Crippen molar-refractivity contribution in [2.75, 3.05) is 30.0 Å². The first-order valence-electron chi connectivity index (χ1n) is 9.57. The Bertz CT molecular complexity index is 1150. The van der Waals surface area contributed by atoms with Gasteiger partial charge < -0.3 is 31.8 Å². The standard InChI is InChI=1S/C20H24N8O2/c1-10-8-30-9-12-4-13(11(2)21)18(22)15(5-12)26-16-6-17(23-3)28-19(27-16)14(7-24-28)20(29)25-10/h4-7,10,21,23H,8-9,22H2,1-3H3,(H,25,29)(H,26,27)/t10-/m1/s1. The number of hydrogen-bond acceptors (Lipinski definition) is 8. The summed E-state index contributed by atoms with van der Waals surface area (Å²) in [6.45, 7) is 4.22. The lowest BCUT2D eigenvalue weighted by Crippen LogP contribution is -2.35. The van der Waals surface area contributed by atoms with Crippen molar-refractivity contribution >= 4 is 40.3 Å². The lowest BCUT2D eigenvalue weighted by atomic mass is 10.0. The molecule has 4 bridgehead atoms. The van der Waals surface area contributed by atoms with E-state index >= 15 is 0 Å². The predicted octanol–water partition coefficient (Wildman–Crippen LogP) is 2.13. The predicted molar refractivity (Wildman–Crippen MR) is 116 cm³/mol. The second-order valence-electron chi connectivity index (χ2n) is 7.31. The van der Waals surface area contributed by atoms with Gasteiger partial charge in [-0.15, -0.1) is 0 Å². The first-order valence-corrected chi connectivity index (χ1v) is 9.57. The number of carbonyl (C=O) groups is 1. The molecule has 10 heteroatoms. The summed E-state index contributed by atoms with van der Waals surface area (Å²) in [6, 6.07) is 5.30. The minimum Gasteiger partial charge on any atom is -0.397 e. The average molecular weight is 408 g/mol. The Balaban J connectivity index is 1.91. The van der Waals surface area contributed by atoms with E-state index in [0.717, 1.165) is 5.56 Å². The summed E-state index contributed by atoms with van der Waals surface area (Å²) >= 11 is 0. The lowest BCUT2D eigenvalue weighted by Gasteiger charge is -2.18. The molecule has 30 heavy (non-hydrogen) atoms. The van der Waals surface area contributed by atoms with Crippen LogP contribution in [0.3, 0.4) is 0 Å². The van der Waals surface area contributed by atoms with E-state index in [1.807, 2.05) is 19.1 Å². The number of anilines is 4. The van der Waals surface area contributed by atoms with Gasteiger partial charge in [-0.25, -0.2) is 4.98 Å². The molecule has 1 amide bonds. The number of ether oxygens (including phenoxy) is 1. The molecule has 0 saturated carbocycles. The summed E-state index contributed by atoms with van der Waals surface area (Å²) in [5, 5.41) is 21.6. The maximum Gasteiger partial charge on any atom is 0.257 e. The number of nitrogens with zero attached hydrogens (tertiary/aromatic N) is 3. The van der Waals surface area contributed by atoms with E-state index in [1.165, 1.54) is 6.20 Å². The Morgan fingerprint density at radius 1 is 1.40 bits per heavy atom. The largest absolute Gasteiger partial charge is 0.397 e. The second-order valence-corrected chi connectivity index (χ2v) is 7.31. The Kier molecular flexibility index (Phi) is 5.00. The van der Waals surface area contributed by atoms with Crippen LogP contribution >= 0.6 is 0 Å². The molecule has 0 radical (unpaired) electrons. The topological polar surface area (TPSA) is 142 Å². The third-order valence-corrected chi connectivity index (χ3v) is 4.89. The molecule has 0 spiro atoms. The number of benzene rings is 1. The fourth-order valence-corrected chi connectivity index (χ4v) is 3.41. The van der Waals surface area contributed by atoms with E-state index < -0.39 is 0 Å². The Morgan fingerprint density at radius 3 is 2.93 bits per heavy atom. The van der Waals surface area contributed by atoms with E-state index in [2.05, 4.69) is 26.0 Å². The number of nitrogen functional groups attached to an aromatic ring is 1. The molecule has 0 unspecified atom stereocenters.